The minimum Gasteiger partial charge on any atom is -0.480 e. The number of carbonyl (C=O) groups is 3. The molecule has 0 saturated heterocycles. The Labute approximate surface area is 140 Å². The molecule has 0 unspecified atom stereocenters. The van der Waals surface area contributed by atoms with E-state index in [1.54, 1.807) is 0 Å². The monoisotopic (exact) mass is 517 g/mol. The summed E-state index contributed by atoms with van der Waals surface area (Å²) < 4.78 is 1.94. The van der Waals surface area contributed by atoms with E-state index in [2.05, 4.69) is 63.7 Å². The van der Waals surface area contributed by atoms with Gasteiger partial charge in [0.15, 0.2) is 0 Å². The number of nitrogens with zero attached hydrogens (tertiary/aromatic N) is 1. The number of hydrogen-bond donors (Lipinski definition) is 1. The summed E-state index contributed by atoms with van der Waals surface area (Å²) in [5, 5.41) is 8.75. The highest BCUT2D eigenvalue weighted by molar-refractivity contribution is 9.15. The number of carboxylic acid groups (broad SMARTS) is 1. The first-order valence-electron chi connectivity index (χ1n) is 4.71. The van der Waals surface area contributed by atoms with E-state index < -0.39 is 24.3 Å². The van der Waals surface area contributed by atoms with Crippen molar-refractivity contribution < 1.29 is 19.5 Å². The van der Waals surface area contributed by atoms with Crippen LogP contribution in [0.5, 0.6) is 0 Å². The molecule has 5 nitrogen and oxygen atoms in total. The van der Waals surface area contributed by atoms with Gasteiger partial charge in [-0.1, -0.05) is 0 Å². The van der Waals surface area contributed by atoms with Gasteiger partial charge >= 0.3 is 5.97 Å². The Hall–Kier alpha value is -0.250. The van der Waals surface area contributed by atoms with Gasteiger partial charge in [-0.25, -0.2) is 0 Å². The Morgan fingerprint density at radius 2 is 1.26 bits per heavy atom. The van der Waals surface area contributed by atoms with Crippen LogP contribution in [0, 0.1) is 0 Å². The predicted octanol–water partition coefficient (Wildman–Crippen LogP) is 3.42. The summed E-state index contributed by atoms with van der Waals surface area (Å²) >= 11 is 13.0. The highest BCUT2D eigenvalue weighted by Crippen LogP contribution is 2.45. The van der Waals surface area contributed by atoms with Crippen LogP contribution in [-0.4, -0.2) is 34.3 Å². The van der Waals surface area contributed by atoms with Crippen molar-refractivity contribution in [3.8, 4) is 0 Å². The van der Waals surface area contributed by atoms with Crippen LogP contribution in [0.2, 0.25) is 0 Å². The van der Waals surface area contributed by atoms with Crippen molar-refractivity contribution in [3.63, 3.8) is 0 Å². The van der Waals surface area contributed by atoms with Gasteiger partial charge in [0.25, 0.3) is 11.8 Å². The third kappa shape index (κ3) is 2.30. The maximum absolute atomic E-state index is 12.1. The smallest absolute Gasteiger partial charge is 0.323 e. The average Bonchev–Trinajstić information content (AvgIpc) is 2.58. The Balaban J connectivity index is 2.69. The summed E-state index contributed by atoms with van der Waals surface area (Å²) in [5.41, 5.74) is 0.293. The molecular formula is C10H3Br4NO4. The van der Waals surface area contributed by atoms with Crippen molar-refractivity contribution in [2.24, 2.45) is 0 Å². The van der Waals surface area contributed by atoms with Crippen LogP contribution >= 0.6 is 63.7 Å². The van der Waals surface area contributed by atoms with Crippen molar-refractivity contribution in [3.05, 3.63) is 29.0 Å². The van der Waals surface area contributed by atoms with E-state index in [0.29, 0.717) is 22.8 Å². The lowest BCUT2D eigenvalue weighted by atomic mass is 10.1. The summed E-state index contributed by atoms with van der Waals surface area (Å²) in [5.74, 6) is -2.52. The SMILES string of the molecule is O=C(O)CN1C(=O)c2c(Br)c(Br)c(Br)c(Br)c2C1=O. The fourth-order valence-corrected chi connectivity index (χ4v) is 4.13. The zero-order valence-electron chi connectivity index (χ0n) is 8.84. The van der Waals surface area contributed by atoms with Crippen molar-refractivity contribution >= 4 is 81.5 Å². The third-order valence-electron chi connectivity index (χ3n) is 2.48. The maximum atomic E-state index is 12.1. The van der Waals surface area contributed by atoms with Gasteiger partial charge in [-0.15, -0.1) is 0 Å². The van der Waals surface area contributed by atoms with Crippen molar-refractivity contribution in [1.29, 1.82) is 0 Å². The van der Waals surface area contributed by atoms with Crippen LogP contribution < -0.4 is 0 Å². The summed E-state index contributed by atoms with van der Waals surface area (Å²) in [6.45, 7) is -0.666. The molecule has 2 rings (SSSR count). The molecule has 0 fully saturated rings. The Morgan fingerprint density at radius 3 is 1.58 bits per heavy atom. The van der Waals surface area contributed by atoms with Crippen LogP contribution in [0.3, 0.4) is 0 Å². The zero-order chi connectivity index (χ0) is 14.5. The number of amides is 2. The van der Waals surface area contributed by atoms with Gasteiger partial charge in [-0.3, -0.25) is 19.3 Å². The second-order valence-electron chi connectivity index (χ2n) is 3.60. The van der Waals surface area contributed by atoms with Crippen LogP contribution in [-0.2, 0) is 4.79 Å². The lowest BCUT2D eigenvalue weighted by molar-refractivity contribution is -0.137. The maximum Gasteiger partial charge on any atom is 0.323 e. The molecule has 1 aromatic rings. The minimum atomic E-state index is -1.25. The van der Waals surface area contributed by atoms with Crippen molar-refractivity contribution in [2.45, 2.75) is 0 Å². The molecule has 9 heteroatoms. The first-order chi connectivity index (χ1) is 8.77. The molecule has 19 heavy (non-hydrogen) atoms. The van der Waals surface area contributed by atoms with E-state index in [1.165, 1.54) is 0 Å². The van der Waals surface area contributed by atoms with E-state index in [9.17, 15) is 14.4 Å². The first-order valence-corrected chi connectivity index (χ1v) is 7.88. The fraction of sp³-hybridized carbons (Fsp3) is 0.100. The van der Waals surface area contributed by atoms with Crippen LogP contribution in [0.25, 0.3) is 0 Å². The first kappa shape index (κ1) is 15.1. The number of carbonyl (C=O) groups excluding carboxylic acids is 2. The molecule has 0 bridgehead atoms. The minimum absolute atomic E-state index is 0.146. The van der Waals surface area contributed by atoms with Gasteiger partial charge in [0.1, 0.15) is 6.54 Å². The molecule has 1 heterocycles. The van der Waals surface area contributed by atoms with Crippen LogP contribution in [0.4, 0.5) is 0 Å². The van der Waals surface area contributed by atoms with E-state index in [4.69, 9.17) is 5.11 Å². The Morgan fingerprint density at radius 1 is 0.895 bits per heavy atom. The lowest BCUT2D eigenvalue weighted by Gasteiger charge is -2.09. The molecule has 0 saturated carbocycles. The number of rotatable bonds is 2. The standard InChI is InChI=1S/C10H3Br4NO4/c11-5-3-4(6(12)8(14)7(5)13)10(19)15(9(3)18)1-2(16)17/h1H2,(H,16,17). The molecule has 1 N–H and O–H groups in total. The topological polar surface area (TPSA) is 74.7 Å². The highest BCUT2D eigenvalue weighted by atomic mass is 79.9. The second-order valence-corrected chi connectivity index (χ2v) is 6.77. The van der Waals surface area contributed by atoms with Crippen molar-refractivity contribution in [2.75, 3.05) is 6.54 Å². The van der Waals surface area contributed by atoms with Gasteiger partial charge in [-0.05, 0) is 63.7 Å². The van der Waals surface area contributed by atoms with E-state index >= 15 is 0 Å². The largest absolute Gasteiger partial charge is 0.480 e. The number of hydrogen-bond acceptors (Lipinski definition) is 3. The van der Waals surface area contributed by atoms with Gasteiger partial charge in [0.2, 0.25) is 0 Å². The second kappa shape index (κ2) is 5.27. The quantitative estimate of drug-likeness (QED) is 0.368. The molecule has 100 valence electrons. The van der Waals surface area contributed by atoms with Gasteiger partial charge in [0, 0.05) is 17.9 Å². The molecule has 0 spiro atoms. The number of imide groups is 1. The predicted molar refractivity (Wildman–Crippen MR) is 80.2 cm³/mol. The molecule has 0 atom stereocenters. The Bertz CT molecular complexity index is 596. The van der Waals surface area contributed by atoms with Crippen molar-refractivity contribution in [1.82, 2.24) is 4.90 Å². The fourth-order valence-electron chi connectivity index (χ4n) is 1.67. The lowest BCUT2D eigenvalue weighted by Crippen LogP contribution is -2.34. The number of carboxylic acids is 1. The highest BCUT2D eigenvalue weighted by Gasteiger charge is 2.41. The van der Waals surface area contributed by atoms with E-state index in [0.717, 1.165) is 0 Å². The zero-order valence-corrected chi connectivity index (χ0v) is 15.2. The van der Waals surface area contributed by atoms with E-state index in [-0.39, 0.29) is 11.1 Å². The molecule has 0 aliphatic carbocycles. The number of aliphatic carboxylic acids is 1. The molecule has 1 aliphatic heterocycles. The molecule has 0 aromatic heterocycles. The normalized spacial score (nSPS) is 14.0. The van der Waals surface area contributed by atoms with Crippen LogP contribution in [0.1, 0.15) is 20.7 Å². The number of halogens is 4. The van der Waals surface area contributed by atoms with Gasteiger partial charge < -0.3 is 5.11 Å². The molecule has 0 radical (unpaired) electrons. The Kier molecular flexibility index (Phi) is 4.20. The summed E-state index contributed by atoms with van der Waals surface area (Å²) in [6.07, 6.45) is 0. The summed E-state index contributed by atoms with van der Waals surface area (Å²) in [6, 6.07) is 0. The molecule has 1 aliphatic rings. The average molecular weight is 521 g/mol. The summed E-state index contributed by atoms with van der Waals surface area (Å²) in [7, 11) is 0. The third-order valence-corrected chi connectivity index (χ3v) is 7.25. The van der Waals surface area contributed by atoms with Gasteiger partial charge in [-0.2, -0.15) is 0 Å². The number of benzene rings is 1. The molecular weight excluding hydrogens is 518 g/mol. The number of fused-ring (bicyclic) bond motifs is 1. The summed E-state index contributed by atoms with van der Waals surface area (Å²) in [4.78, 5) is 35.7. The van der Waals surface area contributed by atoms with Gasteiger partial charge in [0.05, 0.1) is 11.1 Å². The van der Waals surface area contributed by atoms with Crippen LogP contribution in [0.15, 0.2) is 17.9 Å². The molecule has 1 aromatic carbocycles. The van der Waals surface area contributed by atoms with E-state index in [1.807, 2.05) is 0 Å². The molecule has 2 amide bonds.